The number of benzene rings is 3. The number of nitrogens with one attached hydrogen (secondary N) is 1. The van der Waals surface area contributed by atoms with Gasteiger partial charge in [-0.15, -0.1) is 0 Å². The highest BCUT2D eigenvalue weighted by Gasteiger charge is 2.75. The first kappa shape index (κ1) is 35.1. The summed E-state index contributed by atoms with van der Waals surface area (Å²) in [5.41, 5.74) is -0.129. The van der Waals surface area contributed by atoms with E-state index >= 15 is 4.79 Å². The summed E-state index contributed by atoms with van der Waals surface area (Å²) in [5.74, 6) is -3.88. The average molecular weight is 757 g/mol. The third kappa shape index (κ3) is 6.19. The van der Waals surface area contributed by atoms with Crippen molar-refractivity contribution in [3.8, 4) is 0 Å². The first-order chi connectivity index (χ1) is 24.7. The van der Waals surface area contributed by atoms with Crippen molar-refractivity contribution < 1.29 is 33.8 Å². The van der Waals surface area contributed by atoms with Crippen LogP contribution in [0.15, 0.2) is 95.5 Å². The molecule has 3 aromatic carbocycles. The highest BCUT2D eigenvalue weighted by molar-refractivity contribution is 9.11. The minimum Gasteiger partial charge on any atom is -0.463 e. The molecule has 0 saturated carbocycles. The van der Waals surface area contributed by atoms with Gasteiger partial charge >= 0.3 is 5.97 Å². The monoisotopic (exact) mass is 755 g/mol. The molecule has 11 heteroatoms. The Morgan fingerprint density at radius 1 is 0.980 bits per heavy atom. The largest absolute Gasteiger partial charge is 0.463 e. The molecule has 10 nitrogen and oxygen atoms in total. The molecule has 0 aliphatic carbocycles. The average Bonchev–Trinajstić information content (AvgIpc) is 3.74. The lowest BCUT2D eigenvalue weighted by Gasteiger charge is -2.40. The maximum absolute atomic E-state index is 15.3. The van der Waals surface area contributed by atoms with Gasteiger partial charge in [0.2, 0.25) is 11.8 Å². The molecule has 0 radical (unpaired) electrons. The molecule has 4 heterocycles. The van der Waals surface area contributed by atoms with Crippen molar-refractivity contribution in [1.82, 2.24) is 10.2 Å². The molecule has 0 unspecified atom stereocenters. The molecule has 51 heavy (non-hydrogen) atoms. The number of esters is 1. The van der Waals surface area contributed by atoms with Crippen molar-refractivity contribution >= 4 is 56.1 Å². The zero-order valence-electron chi connectivity index (χ0n) is 28.6. The Morgan fingerprint density at radius 2 is 1.73 bits per heavy atom. The summed E-state index contributed by atoms with van der Waals surface area (Å²) in [5, 5.41) is 15.8. The third-order valence-electron chi connectivity index (χ3n) is 11.0. The van der Waals surface area contributed by atoms with Gasteiger partial charge in [0, 0.05) is 23.1 Å². The zero-order valence-corrected chi connectivity index (χ0v) is 30.2. The first-order valence-electron chi connectivity index (χ1n) is 17.6. The maximum Gasteiger partial charge on any atom is 0.306 e. The summed E-state index contributed by atoms with van der Waals surface area (Å²) in [6.45, 7) is 3.61. The molecule has 5 bridgehead atoms. The molecule has 2 N–H and O–H groups in total. The van der Waals surface area contributed by atoms with Crippen LogP contribution >= 0.6 is 15.9 Å². The van der Waals surface area contributed by atoms with Gasteiger partial charge in [0.25, 0.3) is 5.91 Å². The highest BCUT2D eigenvalue weighted by atomic mass is 79.9. The van der Waals surface area contributed by atoms with Gasteiger partial charge in [0.1, 0.15) is 24.4 Å². The molecule has 4 aliphatic heterocycles. The van der Waals surface area contributed by atoms with E-state index in [4.69, 9.17) is 9.47 Å². The zero-order chi connectivity index (χ0) is 35.9. The lowest BCUT2D eigenvalue weighted by Crippen LogP contribution is -2.59. The van der Waals surface area contributed by atoms with E-state index in [1.54, 1.807) is 11.0 Å². The number of allylic oxidation sites excluding steroid dienone is 1. The maximum atomic E-state index is 15.3. The number of carbonyl (C=O) groups is 4. The van der Waals surface area contributed by atoms with Crippen LogP contribution in [-0.4, -0.2) is 77.2 Å². The fraction of sp³-hybridized carbons (Fsp3) is 0.400. The van der Waals surface area contributed by atoms with Crippen LogP contribution in [0.1, 0.15) is 44.7 Å². The smallest absolute Gasteiger partial charge is 0.306 e. The van der Waals surface area contributed by atoms with Gasteiger partial charge in [-0.25, -0.2) is 0 Å². The van der Waals surface area contributed by atoms with Crippen LogP contribution in [0, 0.1) is 17.8 Å². The van der Waals surface area contributed by atoms with E-state index in [2.05, 4.69) is 21.2 Å². The summed E-state index contributed by atoms with van der Waals surface area (Å²) in [6.07, 6.45) is 5.80. The van der Waals surface area contributed by atoms with Crippen molar-refractivity contribution in [3.63, 3.8) is 0 Å². The van der Waals surface area contributed by atoms with Crippen LogP contribution in [0.4, 0.5) is 5.69 Å². The van der Waals surface area contributed by atoms with Gasteiger partial charge in [0.05, 0.1) is 30.5 Å². The number of aliphatic hydroxyl groups is 1. The normalized spacial score (nSPS) is 30.1. The van der Waals surface area contributed by atoms with E-state index in [0.29, 0.717) is 23.0 Å². The SMILES string of the molecule is CC[C@H](C)[C@H](CO)N1C(=O)[C@@H]2[C@H]3C(=O)N[C@@H](c4ccccc4)COC(=O)CC/C=C\CN(c4ccc5ccccc5c4)C(=O)[C@@H]1[C@]21C=C(Br)[C@H]3O1. The van der Waals surface area contributed by atoms with Crippen molar-refractivity contribution in [3.05, 3.63) is 101 Å². The minimum atomic E-state index is -1.48. The number of halogens is 1. The van der Waals surface area contributed by atoms with Crippen LogP contribution in [-0.2, 0) is 28.7 Å². The van der Waals surface area contributed by atoms with Crippen LogP contribution in [0.25, 0.3) is 10.8 Å². The second kappa shape index (κ2) is 14.4. The number of nitrogens with zero attached hydrogens (tertiary/aromatic N) is 2. The molecule has 1 spiro atoms. The molecule has 4 aliphatic rings. The molecule has 2 saturated heterocycles. The topological polar surface area (TPSA) is 125 Å². The summed E-state index contributed by atoms with van der Waals surface area (Å²) in [7, 11) is 0. The van der Waals surface area contributed by atoms with Crippen molar-refractivity contribution in [2.75, 3.05) is 24.7 Å². The molecule has 8 atom stereocenters. The van der Waals surface area contributed by atoms with E-state index in [-0.39, 0.29) is 32.1 Å². The van der Waals surface area contributed by atoms with Crippen LogP contribution in [0.3, 0.4) is 0 Å². The number of amides is 3. The molecule has 266 valence electrons. The molecular weight excluding hydrogens is 714 g/mol. The molecule has 0 aromatic heterocycles. The second-order valence-electron chi connectivity index (χ2n) is 13.9. The molecule has 3 aromatic rings. The number of fused-ring (bicyclic) bond motifs is 3. The van der Waals surface area contributed by atoms with Crippen molar-refractivity contribution in [1.29, 1.82) is 0 Å². The Labute approximate surface area is 305 Å². The predicted molar refractivity (Wildman–Crippen MR) is 196 cm³/mol. The van der Waals surface area contributed by atoms with E-state index < -0.39 is 65.4 Å². The number of likely N-dealkylation sites (tertiary alicyclic amines) is 1. The summed E-state index contributed by atoms with van der Waals surface area (Å²) >= 11 is 3.64. The number of hydrogen-bond donors (Lipinski definition) is 2. The number of anilines is 1. The lowest BCUT2D eigenvalue weighted by atomic mass is 9.74. The van der Waals surface area contributed by atoms with Crippen LogP contribution < -0.4 is 10.2 Å². The lowest BCUT2D eigenvalue weighted by molar-refractivity contribution is -0.147. The van der Waals surface area contributed by atoms with E-state index in [9.17, 15) is 19.5 Å². The summed E-state index contributed by atoms with van der Waals surface area (Å²) in [6, 6.07) is 20.3. The number of aliphatic hydroxyl groups excluding tert-OH is 1. The van der Waals surface area contributed by atoms with Crippen LogP contribution in [0.5, 0.6) is 0 Å². The van der Waals surface area contributed by atoms with Gasteiger partial charge in [-0.3, -0.25) is 19.2 Å². The quantitative estimate of drug-likeness (QED) is 0.262. The molecule has 3 amide bonds. The predicted octanol–water partition coefficient (Wildman–Crippen LogP) is 5.20. The third-order valence-corrected chi connectivity index (χ3v) is 11.6. The van der Waals surface area contributed by atoms with Gasteiger partial charge < -0.3 is 29.7 Å². The van der Waals surface area contributed by atoms with E-state index in [1.807, 2.05) is 98.8 Å². The van der Waals surface area contributed by atoms with Gasteiger partial charge in [-0.2, -0.15) is 0 Å². The Bertz CT molecular complexity index is 1900. The Balaban J connectivity index is 1.37. The Kier molecular flexibility index (Phi) is 9.88. The van der Waals surface area contributed by atoms with Gasteiger partial charge in [-0.1, -0.05) is 109 Å². The van der Waals surface area contributed by atoms with E-state index in [0.717, 1.165) is 16.3 Å². The summed E-state index contributed by atoms with van der Waals surface area (Å²) < 4.78 is 13.0. The number of hydrogen-bond acceptors (Lipinski definition) is 7. The minimum absolute atomic E-state index is 0.0963. The highest BCUT2D eigenvalue weighted by Crippen LogP contribution is 2.59. The van der Waals surface area contributed by atoms with E-state index in [1.165, 1.54) is 4.90 Å². The Hall–Kier alpha value is -4.32. The van der Waals surface area contributed by atoms with Gasteiger partial charge in [-0.05, 0) is 46.9 Å². The fourth-order valence-electron chi connectivity index (χ4n) is 8.14. The Morgan fingerprint density at radius 3 is 2.47 bits per heavy atom. The van der Waals surface area contributed by atoms with Crippen molar-refractivity contribution in [2.45, 2.75) is 62.9 Å². The molecule has 2 fully saturated rings. The molecule has 7 rings (SSSR count). The van der Waals surface area contributed by atoms with Gasteiger partial charge in [0.15, 0.2) is 0 Å². The fourth-order valence-corrected chi connectivity index (χ4v) is 8.88. The molecular formula is C40H42BrN3O7. The second-order valence-corrected chi connectivity index (χ2v) is 14.8. The first-order valence-corrected chi connectivity index (χ1v) is 18.4. The summed E-state index contributed by atoms with van der Waals surface area (Å²) in [4.78, 5) is 60.7. The number of carbonyl (C=O) groups excluding carboxylic acids is 4. The standard InChI is InChI=1S/C40H42BrN3O7/c1-3-24(2)31(22-45)44-36-39(49)43(28-18-17-25-12-9-10-15-27(25)20-28)19-11-5-8-16-32(46)50-23-30(26-13-6-4-7-14-26)42-37(47)33-34(38(44)48)40(36)21-29(41)35(33)51-40/h4-7,9-15,17-18,20-21,24,30-31,33-36,45H,3,8,16,19,22-23H2,1-2H3,(H,42,47)/b11-5-/t24-,30+,31-,33+,34-,35+,36+,40-/m0/s1. The number of rotatable bonds is 6. The number of cyclic esters (lactones) is 1. The number of ether oxygens (including phenoxy) is 2. The van der Waals surface area contributed by atoms with Crippen molar-refractivity contribution in [2.24, 2.45) is 17.8 Å². The van der Waals surface area contributed by atoms with Crippen LogP contribution in [0.2, 0.25) is 0 Å².